The Hall–Kier alpha value is -1.70. The molecule has 0 unspecified atom stereocenters. The summed E-state index contributed by atoms with van der Waals surface area (Å²) >= 11 is 7.50. The van der Waals surface area contributed by atoms with Crippen LogP contribution in [0.1, 0.15) is 12.5 Å². The highest BCUT2D eigenvalue weighted by atomic mass is 35.5. The molecule has 0 aromatic heterocycles. The maximum Gasteiger partial charge on any atom is 0.261 e. The molecule has 0 fully saturated rings. The van der Waals surface area contributed by atoms with Gasteiger partial charge in [0.25, 0.3) is 10.0 Å². The van der Waals surface area contributed by atoms with E-state index in [1.165, 1.54) is 13.0 Å². The predicted molar refractivity (Wildman–Crippen MR) is 102 cm³/mol. The van der Waals surface area contributed by atoms with Gasteiger partial charge in [-0.05, 0) is 42.8 Å². The summed E-state index contributed by atoms with van der Waals surface area (Å²) in [5.41, 5.74) is 1.98. The van der Waals surface area contributed by atoms with Gasteiger partial charge < -0.3 is 4.90 Å². The Balaban J connectivity index is 1.96. The predicted octanol–water partition coefficient (Wildman–Crippen LogP) is 3.91. The smallest absolute Gasteiger partial charge is 0.261 e. The number of thioether (sulfide) groups is 1. The first-order valence-electron chi connectivity index (χ1n) is 7.62. The fourth-order valence-corrected chi connectivity index (χ4v) is 5.03. The zero-order valence-corrected chi connectivity index (χ0v) is 16.1. The van der Waals surface area contributed by atoms with E-state index in [9.17, 15) is 13.2 Å². The van der Waals surface area contributed by atoms with Crippen LogP contribution in [0.4, 0.5) is 11.4 Å². The monoisotopic (exact) mass is 396 g/mol. The second-order valence-corrected chi connectivity index (χ2v) is 8.97. The number of hydrogen-bond donors (Lipinski definition) is 1. The van der Waals surface area contributed by atoms with E-state index in [4.69, 9.17) is 11.6 Å². The molecule has 1 aliphatic rings. The SMILES string of the molecule is CC(=O)N1CCSc2cc(S(=O)(=O)Nc3cc(Cl)ccc3C)ccc21. The lowest BCUT2D eigenvalue weighted by molar-refractivity contribution is -0.116. The van der Waals surface area contributed by atoms with Crippen molar-refractivity contribution < 1.29 is 13.2 Å². The van der Waals surface area contributed by atoms with Crippen LogP contribution in [0.25, 0.3) is 0 Å². The minimum absolute atomic E-state index is 0.0511. The molecule has 5 nitrogen and oxygen atoms in total. The quantitative estimate of drug-likeness (QED) is 0.854. The Morgan fingerprint density at radius 2 is 2.00 bits per heavy atom. The largest absolute Gasteiger partial charge is 0.311 e. The highest BCUT2D eigenvalue weighted by Gasteiger charge is 2.24. The van der Waals surface area contributed by atoms with Gasteiger partial charge in [-0.3, -0.25) is 9.52 Å². The van der Waals surface area contributed by atoms with Gasteiger partial charge >= 0.3 is 0 Å². The summed E-state index contributed by atoms with van der Waals surface area (Å²) in [6, 6.07) is 9.86. The second-order valence-electron chi connectivity index (χ2n) is 5.71. The number of sulfonamides is 1. The first kappa shape index (κ1) is 18.1. The van der Waals surface area contributed by atoms with Crippen molar-refractivity contribution in [1.29, 1.82) is 0 Å². The van der Waals surface area contributed by atoms with Crippen LogP contribution in [0.3, 0.4) is 0 Å². The third-order valence-corrected chi connectivity index (χ3v) is 6.55. The molecule has 1 aliphatic heterocycles. The summed E-state index contributed by atoms with van der Waals surface area (Å²) in [6.07, 6.45) is 0. The zero-order chi connectivity index (χ0) is 18.2. The molecule has 0 atom stereocenters. The summed E-state index contributed by atoms with van der Waals surface area (Å²) in [5.74, 6) is 0.682. The average Bonchev–Trinajstić information content (AvgIpc) is 2.56. The molecular formula is C17H17ClN2O3S2. The van der Waals surface area contributed by atoms with Crippen molar-refractivity contribution in [2.24, 2.45) is 0 Å². The average molecular weight is 397 g/mol. The Morgan fingerprint density at radius 1 is 1.24 bits per heavy atom. The normalized spacial score (nSPS) is 14.1. The van der Waals surface area contributed by atoms with Crippen molar-refractivity contribution in [1.82, 2.24) is 0 Å². The van der Waals surface area contributed by atoms with Crippen LogP contribution in [0, 0.1) is 6.92 Å². The Labute approximate surface area is 156 Å². The van der Waals surface area contributed by atoms with Gasteiger partial charge in [-0.1, -0.05) is 17.7 Å². The first-order valence-corrected chi connectivity index (χ1v) is 10.5. The van der Waals surface area contributed by atoms with Crippen LogP contribution < -0.4 is 9.62 Å². The third kappa shape index (κ3) is 3.78. The van der Waals surface area contributed by atoms with E-state index in [2.05, 4.69) is 4.72 Å². The lowest BCUT2D eigenvalue weighted by Gasteiger charge is -2.28. The van der Waals surface area contributed by atoms with Crippen molar-refractivity contribution >= 4 is 50.7 Å². The number of fused-ring (bicyclic) bond motifs is 1. The summed E-state index contributed by atoms with van der Waals surface area (Å²) in [4.78, 5) is 14.3. The number of amides is 1. The number of carbonyl (C=O) groups is 1. The molecule has 3 rings (SSSR count). The maximum atomic E-state index is 12.7. The minimum atomic E-state index is -3.75. The number of benzene rings is 2. The van der Waals surface area contributed by atoms with E-state index < -0.39 is 10.0 Å². The van der Waals surface area contributed by atoms with Crippen LogP contribution in [0.15, 0.2) is 46.2 Å². The van der Waals surface area contributed by atoms with E-state index in [1.807, 2.05) is 6.92 Å². The minimum Gasteiger partial charge on any atom is -0.311 e. The molecule has 2 aromatic carbocycles. The number of rotatable bonds is 3. The first-order chi connectivity index (χ1) is 11.8. The molecule has 0 radical (unpaired) electrons. The van der Waals surface area contributed by atoms with Crippen LogP contribution in [0.5, 0.6) is 0 Å². The Kier molecular flexibility index (Phi) is 4.99. The number of nitrogens with one attached hydrogen (secondary N) is 1. The Morgan fingerprint density at radius 3 is 2.72 bits per heavy atom. The van der Waals surface area contributed by atoms with Gasteiger partial charge in [-0.2, -0.15) is 0 Å². The number of nitrogens with zero attached hydrogens (tertiary/aromatic N) is 1. The van der Waals surface area contributed by atoms with E-state index in [0.717, 1.165) is 21.9 Å². The molecule has 1 amide bonds. The van der Waals surface area contributed by atoms with Gasteiger partial charge in [0, 0.05) is 29.1 Å². The summed E-state index contributed by atoms with van der Waals surface area (Å²) in [5, 5.41) is 0.460. The summed E-state index contributed by atoms with van der Waals surface area (Å²) < 4.78 is 28.0. The fourth-order valence-electron chi connectivity index (χ4n) is 2.60. The molecule has 1 heterocycles. The zero-order valence-electron chi connectivity index (χ0n) is 13.7. The number of anilines is 2. The van der Waals surface area contributed by atoms with Gasteiger partial charge in [-0.25, -0.2) is 8.42 Å². The molecule has 2 aromatic rings. The van der Waals surface area contributed by atoms with Crippen molar-refractivity contribution in [3.05, 3.63) is 47.0 Å². The van der Waals surface area contributed by atoms with E-state index in [-0.39, 0.29) is 10.8 Å². The van der Waals surface area contributed by atoms with Crippen LogP contribution >= 0.6 is 23.4 Å². The molecule has 132 valence electrons. The van der Waals surface area contributed by atoms with Gasteiger partial charge in [0.1, 0.15) is 0 Å². The molecule has 0 aliphatic carbocycles. The van der Waals surface area contributed by atoms with E-state index in [1.54, 1.807) is 47.0 Å². The topological polar surface area (TPSA) is 66.5 Å². The molecule has 0 bridgehead atoms. The fraction of sp³-hybridized carbons (Fsp3) is 0.235. The van der Waals surface area contributed by atoms with Gasteiger partial charge in [-0.15, -0.1) is 11.8 Å². The summed E-state index contributed by atoms with van der Waals surface area (Å²) in [7, 11) is -3.75. The van der Waals surface area contributed by atoms with Gasteiger partial charge in [0.2, 0.25) is 5.91 Å². The Bertz CT molecular complexity index is 945. The molecule has 0 saturated heterocycles. The van der Waals surface area contributed by atoms with Crippen LogP contribution in [0.2, 0.25) is 5.02 Å². The highest BCUT2D eigenvalue weighted by molar-refractivity contribution is 7.99. The van der Waals surface area contributed by atoms with Crippen LogP contribution in [-0.2, 0) is 14.8 Å². The summed E-state index contributed by atoms with van der Waals surface area (Å²) in [6.45, 7) is 3.94. The van der Waals surface area contributed by atoms with E-state index in [0.29, 0.717) is 17.3 Å². The highest BCUT2D eigenvalue weighted by Crippen LogP contribution is 2.36. The van der Waals surface area contributed by atoms with Crippen molar-refractivity contribution in [2.75, 3.05) is 21.9 Å². The van der Waals surface area contributed by atoms with Crippen LogP contribution in [-0.4, -0.2) is 26.6 Å². The lowest BCUT2D eigenvalue weighted by atomic mass is 10.2. The number of carbonyl (C=O) groups excluding carboxylic acids is 1. The van der Waals surface area contributed by atoms with Crippen molar-refractivity contribution in [3.8, 4) is 0 Å². The molecule has 0 spiro atoms. The van der Waals surface area contributed by atoms with Crippen molar-refractivity contribution in [3.63, 3.8) is 0 Å². The number of hydrogen-bond acceptors (Lipinski definition) is 4. The number of halogens is 1. The van der Waals surface area contributed by atoms with Gasteiger partial charge in [0.05, 0.1) is 16.3 Å². The molecule has 0 saturated carbocycles. The number of aryl methyl sites for hydroxylation is 1. The third-order valence-electron chi connectivity index (χ3n) is 3.93. The molecule has 8 heteroatoms. The lowest BCUT2D eigenvalue weighted by Crippen LogP contribution is -2.33. The standard InChI is InChI=1S/C17H17ClN2O3S2/c1-11-3-4-13(18)9-15(11)19-25(22,23)14-5-6-16-17(10-14)24-8-7-20(16)12(2)21/h3-6,9-10,19H,7-8H2,1-2H3. The maximum absolute atomic E-state index is 12.7. The van der Waals surface area contributed by atoms with E-state index >= 15 is 0 Å². The van der Waals surface area contributed by atoms with Gasteiger partial charge in [0.15, 0.2) is 0 Å². The second kappa shape index (κ2) is 6.90. The molecule has 1 N–H and O–H groups in total. The van der Waals surface area contributed by atoms with Crippen molar-refractivity contribution in [2.45, 2.75) is 23.6 Å². The molecule has 25 heavy (non-hydrogen) atoms. The molecular weight excluding hydrogens is 380 g/mol.